The maximum absolute atomic E-state index is 13.0. The number of ether oxygens (including phenoxy) is 1. The van der Waals surface area contributed by atoms with Crippen LogP contribution in [0.1, 0.15) is 24.1 Å². The fourth-order valence-electron chi connectivity index (χ4n) is 2.12. The molecular formula is C18H18FNO3. The van der Waals surface area contributed by atoms with Crippen LogP contribution < -0.4 is 5.32 Å². The Kier molecular flexibility index (Phi) is 5.86. The lowest BCUT2D eigenvalue weighted by Crippen LogP contribution is -2.31. The van der Waals surface area contributed by atoms with Gasteiger partial charge in [0.25, 0.3) is 5.91 Å². The van der Waals surface area contributed by atoms with Crippen LogP contribution >= 0.6 is 0 Å². The second kappa shape index (κ2) is 8.08. The summed E-state index contributed by atoms with van der Waals surface area (Å²) in [6, 6.07) is 15.0. The molecule has 0 radical (unpaired) electrons. The van der Waals surface area contributed by atoms with Crippen molar-refractivity contribution < 1.29 is 18.7 Å². The molecule has 2 aromatic rings. The third-order valence-electron chi connectivity index (χ3n) is 3.28. The molecular weight excluding hydrogens is 297 g/mol. The molecule has 0 bridgehead atoms. The second-order valence-corrected chi connectivity index (χ2v) is 5.17. The largest absolute Gasteiger partial charge is 0.455 e. The van der Waals surface area contributed by atoms with Gasteiger partial charge in [-0.05, 0) is 30.2 Å². The van der Waals surface area contributed by atoms with E-state index in [0.717, 1.165) is 5.56 Å². The summed E-state index contributed by atoms with van der Waals surface area (Å²) in [7, 11) is 0. The zero-order chi connectivity index (χ0) is 16.7. The summed E-state index contributed by atoms with van der Waals surface area (Å²) in [5.41, 5.74) is 1.47. The van der Waals surface area contributed by atoms with Crippen molar-refractivity contribution in [2.45, 2.75) is 19.4 Å². The highest BCUT2D eigenvalue weighted by atomic mass is 19.1. The van der Waals surface area contributed by atoms with Gasteiger partial charge in [0.15, 0.2) is 6.61 Å². The van der Waals surface area contributed by atoms with Crippen molar-refractivity contribution >= 4 is 11.9 Å². The Morgan fingerprint density at radius 1 is 1.13 bits per heavy atom. The van der Waals surface area contributed by atoms with Crippen LogP contribution in [0, 0.1) is 5.82 Å². The van der Waals surface area contributed by atoms with Crippen LogP contribution in [-0.4, -0.2) is 18.5 Å². The van der Waals surface area contributed by atoms with E-state index in [1.807, 2.05) is 37.3 Å². The van der Waals surface area contributed by atoms with Crippen molar-refractivity contribution in [1.29, 1.82) is 0 Å². The van der Waals surface area contributed by atoms with Crippen molar-refractivity contribution in [1.82, 2.24) is 5.32 Å². The minimum absolute atomic E-state index is 0.0702. The van der Waals surface area contributed by atoms with Crippen molar-refractivity contribution in [3.63, 3.8) is 0 Å². The molecule has 23 heavy (non-hydrogen) atoms. The Bertz CT molecular complexity index is 673. The van der Waals surface area contributed by atoms with E-state index in [1.54, 1.807) is 6.07 Å². The predicted octanol–water partition coefficient (Wildman–Crippen LogP) is 2.79. The maximum Gasteiger partial charge on any atom is 0.310 e. The van der Waals surface area contributed by atoms with Gasteiger partial charge in [0, 0.05) is 0 Å². The highest BCUT2D eigenvalue weighted by Crippen LogP contribution is 2.10. The van der Waals surface area contributed by atoms with Crippen LogP contribution in [0.2, 0.25) is 0 Å². The highest BCUT2D eigenvalue weighted by molar-refractivity contribution is 5.81. The summed E-state index contributed by atoms with van der Waals surface area (Å²) in [5, 5.41) is 2.75. The van der Waals surface area contributed by atoms with E-state index in [1.165, 1.54) is 18.2 Å². The van der Waals surface area contributed by atoms with Crippen molar-refractivity contribution in [3.8, 4) is 0 Å². The number of amides is 1. The van der Waals surface area contributed by atoms with Crippen molar-refractivity contribution in [2.24, 2.45) is 0 Å². The molecule has 1 atom stereocenters. The standard InChI is InChI=1S/C18H18FNO3/c1-13(15-7-3-2-4-8-15)20-17(21)12-23-18(22)11-14-6-5-9-16(19)10-14/h2-10,13H,11-12H2,1H3,(H,20,21)/t13-/m1/s1. The van der Waals surface area contributed by atoms with Gasteiger partial charge in [-0.1, -0.05) is 42.5 Å². The van der Waals surface area contributed by atoms with Gasteiger partial charge in [-0.25, -0.2) is 4.39 Å². The van der Waals surface area contributed by atoms with Gasteiger partial charge in [0.1, 0.15) is 5.82 Å². The number of halogens is 1. The van der Waals surface area contributed by atoms with Crippen LogP contribution in [0.5, 0.6) is 0 Å². The summed E-state index contributed by atoms with van der Waals surface area (Å²) in [5.74, 6) is -1.36. The zero-order valence-electron chi connectivity index (χ0n) is 12.8. The first-order chi connectivity index (χ1) is 11.0. The number of nitrogens with one attached hydrogen (secondary N) is 1. The third-order valence-corrected chi connectivity index (χ3v) is 3.28. The topological polar surface area (TPSA) is 55.4 Å². The van der Waals surface area contributed by atoms with E-state index in [4.69, 9.17) is 4.74 Å². The molecule has 0 unspecified atom stereocenters. The quantitative estimate of drug-likeness (QED) is 0.834. The molecule has 1 amide bonds. The number of carbonyl (C=O) groups excluding carboxylic acids is 2. The van der Waals surface area contributed by atoms with Crippen LogP contribution in [0.25, 0.3) is 0 Å². The van der Waals surface area contributed by atoms with E-state index in [2.05, 4.69) is 5.32 Å². The molecule has 0 aliphatic heterocycles. The van der Waals surface area contributed by atoms with E-state index < -0.39 is 11.8 Å². The minimum Gasteiger partial charge on any atom is -0.455 e. The molecule has 1 N–H and O–H groups in total. The van der Waals surface area contributed by atoms with E-state index in [9.17, 15) is 14.0 Å². The highest BCUT2D eigenvalue weighted by Gasteiger charge is 2.12. The summed E-state index contributed by atoms with van der Waals surface area (Å²) >= 11 is 0. The Morgan fingerprint density at radius 3 is 2.57 bits per heavy atom. The lowest BCUT2D eigenvalue weighted by atomic mass is 10.1. The van der Waals surface area contributed by atoms with Crippen molar-refractivity contribution in [2.75, 3.05) is 6.61 Å². The van der Waals surface area contributed by atoms with Crippen LogP contribution in [-0.2, 0) is 20.7 Å². The Labute approximate surface area is 134 Å². The van der Waals surface area contributed by atoms with Gasteiger partial charge in [-0.3, -0.25) is 9.59 Å². The number of carbonyl (C=O) groups is 2. The summed E-state index contributed by atoms with van der Waals surface area (Å²) in [6.07, 6.45) is -0.0702. The molecule has 120 valence electrons. The molecule has 4 nitrogen and oxygen atoms in total. The van der Waals surface area contributed by atoms with Gasteiger partial charge in [0.05, 0.1) is 12.5 Å². The molecule has 0 aliphatic rings. The fraction of sp³-hybridized carbons (Fsp3) is 0.222. The monoisotopic (exact) mass is 315 g/mol. The van der Waals surface area contributed by atoms with Crippen LogP contribution in [0.3, 0.4) is 0 Å². The summed E-state index contributed by atoms with van der Waals surface area (Å²) in [4.78, 5) is 23.4. The second-order valence-electron chi connectivity index (χ2n) is 5.17. The average Bonchev–Trinajstić information content (AvgIpc) is 2.54. The Balaban J connectivity index is 1.76. The predicted molar refractivity (Wildman–Crippen MR) is 84.1 cm³/mol. The van der Waals surface area contributed by atoms with Crippen LogP contribution in [0.15, 0.2) is 54.6 Å². The summed E-state index contributed by atoms with van der Waals surface area (Å²) in [6.45, 7) is 1.49. The first kappa shape index (κ1) is 16.7. The number of hydrogen-bond donors (Lipinski definition) is 1. The van der Waals surface area contributed by atoms with Crippen molar-refractivity contribution in [3.05, 3.63) is 71.5 Å². The SMILES string of the molecule is C[C@@H](NC(=O)COC(=O)Cc1cccc(F)c1)c1ccccc1. The number of rotatable bonds is 6. The molecule has 2 rings (SSSR count). The number of benzene rings is 2. The molecule has 0 aliphatic carbocycles. The number of esters is 1. The average molecular weight is 315 g/mol. The van der Waals surface area contributed by atoms with Gasteiger partial charge in [-0.2, -0.15) is 0 Å². The smallest absolute Gasteiger partial charge is 0.310 e. The molecule has 0 aromatic heterocycles. The fourth-order valence-corrected chi connectivity index (χ4v) is 2.12. The number of hydrogen-bond acceptors (Lipinski definition) is 3. The lowest BCUT2D eigenvalue weighted by Gasteiger charge is -2.14. The van der Waals surface area contributed by atoms with E-state index >= 15 is 0 Å². The van der Waals surface area contributed by atoms with Gasteiger partial charge in [-0.15, -0.1) is 0 Å². The zero-order valence-corrected chi connectivity index (χ0v) is 12.8. The lowest BCUT2D eigenvalue weighted by molar-refractivity contribution is -0.148. The Morgan fingerprint density at radius 2 is 1.87 bits per heavy atom. The summed E-state index contributed by atoms with van der Waals surface area (Å²) < 4.78 is 17.9. The maximum atomic E-state index is 13.0. The Hall–Kier alpha value is -2.69. The molecule has 0 saturated heterocycles. The normalized spacial score (nSPS) is 11.6. The van der Waals surface area contributed by atoms with Gasteiger partial charge < -0.3 is 10.1 Å². The third kappa shape index (κ3) is 5.54. The van der Waals surface area contributed by atoms with Gasteiger partial charge in [0.2, 0.25) is 0 Å². The molecule has 0 heterocycles. The molecule has 0 fully saturated rings. The first-order valence-electron chi connectivity index (χ1n) is 7.29. The molecule has 5 heteroatoms. The minimum atomic E-state index is -0.571. The van der Waals surface area contributed by atoms with E-state index in [-0.39, 0.29) is 25.0 Å². The van der Waals surface area contributed by atoms with E-state index in [0.29, 0.717) is 5.56 Å². The molecule has 0 spiro atoms. The first-order valence-corrected chi connectivity index (χ1v) is 7.29. The molecule has 2 aromatic carbocycles. The van der Waals surface area contributed by atoms with Gasteiger partial charge >= 0.3 is 5.97 Å². The molecule has 0 saturated carbocycles. The van der Waals surface area contributed by atoms with Crippen LogP contribution in [0.4, 0.5) is 4.39 Å².